The number of hydrogen-bond acceptors (Lipinski definition) is 1. The zero-order valence-electron chi connectivity index (χ0n) is 8.85. The highest BCUT2D eigenvalue weighted by molar-refractivity contribution is 6.70. The van der Waals surface area contributed by atoms with E-state index in [0.29, 0.717) is 5.75 Å². The summed E-state index contributed by atoms with van der Waals surface area (Å²) in [6, 6.07) is 4.80. The average molecular weight is 234 g/mol. The molecule has 0 spiro atoms. The molecule has 0 aromatic heterocycles. The third-order valence-corrected chi connectivity index (χ3v) is 2.45. The van der Waals surface area contributed by atoms with Gasteiger partial charge in [-0.1, -0.05) is 0 Å². The molecule has 0 unspecified atom stereocenters. The lowest BCUT2D eigenvalue weighted by atomic mass is 10.2. The first-order valence-corrected chi connectivity index (χ1v) is 7.95. The molecule has 15 heavy (non-hydrogen) atoms. The Hall–Kier alpha value is -0.973. The molecule has 0 aliphatic heterocycles. The third kappa shape index (κ3) is 3.95. The summed E-state index contributed by atoms with van der Waals surface area (Å²) in [6.07, 6.45) is -4.28. The Kier molecular flexibility index (Phi) is 3.13. The molecule has 0 aliphatic rings. The van der Waals surface area contributed by atoms with Crippen LogP contribution in [0.15, 0.2) is 24.3 Å². The van der Waals surface area contributed by atoms with E-state index in [1.807, 2.05) is 19.6 Å². The zero-order chi connectivity index (χ0) is 11.7. The highest BCUT2D eigenvalue weighted by Gasteiger charge is 2.30. The van der Waals surface area contributed by atoms with Gasteiger partial charge in [-0.3, -0.25) is 0 Å². The van der Waals surface area contributed by atoms with Crippen LogP contribution in [0.2, 0.25) is 19.6 Å². The quantitative estimate of drug-likeness (QED) is 0.705. The van der Waals surface area contributed by atoms with Crippen molar-refractivity contribution < 1.29 is 17.6 Å². The number of halogens is 3. The van der Waals surface area contributed by atoms with Gasteiger partial charge in [-0.05, 0) is 43.9 Å². The van der Waals surface area contributed by atoms with Gasteiger partial charge in [0, 0.05) is 0 Å². The minimum absolute atomic E-state index is 0.502. The van der Waals surface area contributed by atoms with Crippen molar-refractivity contribution >= 4 is 8.32 Å². The van der Waals surface area contributed by atoms with Gasteiger partial charge in [0.15, 0.2) is 0 Å². The molecule has 0 heterocycles. The number of alkyl halides is 3. The van der Waals surface area contributed by atoms with E-state index in [1.165, 1.54) is 12.1 Å². The Morgan fingerprint density at radius 1 is 1.00 bits per heavy atom. The Balaban J connectivity index is 2.82. The molecule has 0 N–H and O–H groups in total. The summed E-state index contributed by atoms with van der Waals surface area (Å²) < 4.78 is 42.2. The summed E-state index contributed by atoms with van der Waals surface area (Å²) in [5, 5.41) is 0. The first-order chi connectivity index (χ1) is 6.68. The molecule has 0 fully saturated rings. The summed E-state index contributed by atoms with van der Waals surface area (Å²) in [5.74, 6) is 0.502. The van der Waals surface area contributed by atoms with Gasteiger partial charge < -0.3 is 4.43 Å². The van der Waals surface area contributed by atoms with Gasteiger partial charge in [0.25, 0.3) is 0 Å². The number of hydrogen-bond donors (Lipinski definition) is 0. The smallest absolute Gasteiger partial charge is 0.416 e. The highest BCUT2D eigenvalue weighted by Crippen LogP contribution is 2.30. The predicted octanol–water partition coefficient (Wildman–Crippen LogP) is 3.92. The highest BCUT2D eigenvalue weighted by atomic mass is 28.4. The molecular weight excluding hydrogens is 221 g/mol. The predicted molar refractivity (Wildman–Crippen MR) is 55.4 cm³/mol. The van der Waals surface area contributed by atoms with Crippen molar-refractivity contribution in [1.82, 2.24) is 0 Å². The lowest BCUT2D eigenvalue weighted by Crippen LogP contribution is -2.29. The summed E-state index contributed by atoms with van der Waals surface area (Å²) in [4.78, 5) is 0. The topological polar surface area (TPSA) is 9.23 Å². The van der Waals surface area contributed by atoms with Gasteiger partial charge in [0.1, 0.15) is 5.75 Å². The first-order valence-electron chi connectivity index (χ1n) is 4.55. The van der Waals surface area contributed by atoms with Crippen LogP contribution < -0.4 is 4.43 Å². The molecule has 0 radical (unpaired) electrons. The molecule has 0 saturated carbocycles. The van der Waals surface area contributed by atoms with Crippen molar-refractivity contribution in [2.75, 3.05) is 0 Å². The molecule has 84 valence electrons. The van der Waals surface area contributed by atoms with Crippen molar-refractivity contribution in [2.45, 2.75) is 25.8 Å². The molecule has 1 nitrogen and oxygen atoms in total. The lowest BCUT2D eigenvalue weighted by molar-refractivity contribution is -0.137. The fourth-order valence-corrected chi connectivity index (χ4v) is 1.91. The van der Waals surface area contributed by atoms with E-state index >= 15 is 0 Å². The molecule has 0 aliphatic carbocycles. The number of benzene rings is 1. The van der Waals surface area contributed by atoms with Gasteiger partial charge in [0.2, 0.25) is 8.32 Å². The van der Waals surface area contributed by atoms with E-state index < -0.39 is 20.1 Å². The van der Waals surface area contributed by atoms with Crippen molar-refractivity contribution in [1.29, 1.82) is 0 Å². The second-order valence-electron chi connectivity index (χ2n) is 4.24. The molecular formula is C10H13F3OSi. The largest absolute Gasteiger partial charge is 0.544 e. The maximum Gasteiger partial charge on any atom is 0.416 e. The van der Waals surface area contributed by atoms with Crippen LogP contribution in [-0.2, 0) is 6.18 Å². The number of rotatable bonds is 2. The van der Waals surface area contributed by atoms with Gasteiger partial charge in [-0.25, -0.2) is 0 Å². The van der Waals surface area contributed by atoms with Crippen molar-refractivity contribution in [2.24, 2.45) is 0 Å². The van der Waals surface area contributed by atoms with E-state index in [4.69, 9.17) is 4.43 Å². The summed E-state index contributed by atoms with van der Waals surface area (Å²) >= 11 is 0. The van der Waals surface area contributed by atoms with Crippen LogP contribution in [0.5, 0.6) is 5.75 Å². The first kappa shape index (κ1) is 12.1. The molecule has 1 aromatic rings. The van der Waals surface area contributed by atoms with Crippen molar-refractivity contribution in [3.63, 3.8) is 0 Å². The van der Waals surface area contributed by atoms with Gasteiger partial charge in [-0.2, -0.15) is 13.2 Å². The molecule has 1 rings (SSSR count). The molecule has 0 amide bonds. The van der Waals surface area contributed by atoms with E-state index in [2.05, 4.69) is 0 Å². The molecule has 0 saturated heterocycles. The van der Waals surface area contributed by atoms with Crippen LogP contribution in [-0.4, -0.2) is 8.32 Å². The van der Waals surface area contributed by atoms with Crippen LogP contribution in [0.25, 0.3) is 0 Å². The minimum Gasteiger partial charge on any atom is -0.544 e. The third-order valence-electron chi connectivity index (χ3n) is 1.61. The molecule has 5 heteroatoms. The lowest BCUT2D eigenvalue weighted by Gasteiger charge is -2.19. The summed E-state index contributed by atoms with van der Waals surface area (Å²) in [5.41, 5.74) is -0.648. The minimum atomic E-state index is -4.28. The SMILES string of the molecule is C[Si](C)(C)Oc1ccc(C(F)(F)F)cc1. The second kappa shape index (κ2) is 3.88. The monoisotopic (exact) mass is 234 g/mol. The summed E-state index contributed by atoms with van der Waals surface area (Å²) in [6.45, 7) is 5.93. The van der Waals surface area contributed by atoms with Gasteiger partial charge >= 0.3 is 6.18 Å². The molecule has 1 aromatic carbocycles. The Bertz CT molecular complexity index is 324. The Morgan fingerprint density at radius 3 is 1.80 bits per heavy atom. The standard InChI is InChI=1S/C10H13F3OSi/c1-15(2,3)14-9-6-4-8(5-7-9)10(11,12)13/h4-7H,1-3H3. The zero-order valence-corrected chi connectivity index (χ0v) is 9.85. The Labute approximate surface area is 88.0 Å². The van der Waals surface area contributed by atoms with Crippen LogP contribution in [0.1, 0.15) is 5.56 Å². The maximum atomic E-state index is 12.2. The van der Waals surface area contributed by atoms with E-state index in [0.717, 1.165) is 12.1 Å². The van der Waals surface area contributed by atoms with Crippen molar-refractivity contribution in [3.05, 3.63) is 29.8 Å². The van der Waals surface area contributed by atoms with Crippen molar-refractivity contribution in [3.8, 4) is 5.75 Å². The summed E-state index contributed by atoms with van der Waals surface area (Å²) in [7, 11) is -1.74. The van der Waals surface area contributed by atoms with Crippen LogP contribution in [0.3, 0.4) is 0 Å². The fourth-order valence-electron chi connectivity index (χ4n) is 1.07. The van der Waals surface area contributed by atoms with Gasteiger partial charge in [-0.15, -0.1) is 0 Å². The normalized spacial score (nSPS) is 12.7. The Morgan fingerprint density at radius 2 is 1.47 bits per heavy atom. The molecule has 0 atom stereocenters. The fraction of sp³-hybridized carbons (Fsp3) is 0.400. The van der Waals surface area contributed by atoms with E-state index in [9.17, 15) is 13.2 Å². The molecule has 0 bridgehead atoms. The van der Waals surface area contributed by atoms with Crippen LogP contribution >= 0.6 is 0 Å². The average Bonchev–Trinajstić information content (AvgIpc) is 2.00. The van der Waals surface area contributed by atoms with Crippen LogP contribution in [0.4, 0.5) is 13.2 Å². The van der Waals surface area contributed by atoms with E-state index in [1.54, 1.807) is 0 Å². The second-order valence-corrected chi connectivity index (χ2v) is 8.67. The maximum absolute atomic E-state index is 12.2. The van der Waals surface area contributed by atoms with Crippen LogP contribution in [0, 0.1) is 0 Å². The van der Waals surface area contributed by atoms with E-state index in [-0.39, 0.29) is 0 Å². The van der Waals surface area contributed by atoms with Gasteiger partial charge in [0.05, 0.1) is 5.56 Å².